The summed E-state index contributed by atoms with van der Waals surface area (Å²) in [4.78, 5) is 0. The van der Waals surface area contributed by atoms with E-state index >= 15 is 0 Å². The fourth-order valence-electron chi connectivity index (χ4n) is 2.09. The third-order valence-electron chi connectivity index (χ3n) is 3.43. The van der Waals surface area contributed by atoms with Gasteiger partial charge in [-0.2, -0.15) is 30.3 Å². The summed E-state index contributed by atoms with van der Waals surface area (Å²) in [6, 6.07) is 23.0. The van der Waals surface area contributed by atoms with E-state index in [-0.39, 0.29) is 64.0 Å². The van der Waals surface area contributed by atoms with Crippen LogP contribution in [0, 0.1) is 42.5 Å². The molecular formula is C23H14FRb. The Hall–Kier alpha value is -1.48. The van der Waals surface area contributed by atoms with Crippen LogP contribution in [-0.4, -0.2) is 0 Å². The first-order valence-corrected chi connectivity index (χ1v) is 7.57. The Labute approximate surface area is 197 Å². The van der Waals surface area contributed by atoms with Crippen molar-refractivity contribution in [2.24, 2.45) is 0 Å². The standard InChI is InChI=1S/C23H14F.Rb/c1-18-7-9-20(10-8-18)11-12-21-14-16-22(23(24)17-21)15-13-19-5-3-2-4-6-19;/h3-10,14,16-17H,1H3;/q-1;+1. The van der Waals surface area contributed by atoms with E-state index < -0.39 is 0 Å². The summed E-state index contributed by atoms with van der Waals surface area (Å²) in [5, 5.41) is 0. The van der Waals surface area contributed by atoms with Crippen molar-refractivity contribution in [1.82, 2.24) is 0 Å². The molecule has 3 aromatic carbocycles. The van der Waals surface area contributed by atoms with Gasteiger partial charge in [-0.05, 0) is 37.3 Å². The second-order valence-electron chi connectivity index (χ2n) is 5.35. The average molecular weight is 395 g/mol. The van der Waals surface area contributed by atoms with E-state index in [9.17, 15) is 4.39 Å². The van der Waals surface area contributed by atoms with Crippen molar-refractivity contribution in [3.63, 3.8) is 0 Å². The number of hydrogen-bond acceptors (Lipinski definition) is 0. The van der Waals surface area contributed by atoms with E-state index in [1.54, 1.807) is 24.3 Å². The molecule has 3 aromatic rings. The number of aryl methyl sites for hydroxylation is 1. The Morgan fingerprint density at radius 1 is 0.720 bits per heavy atom. The van der Waals surface area contributed by atoms with Gasteiger partial charge in [0, 0.05) is 11.1 Å². The van der Waals surface area contributed by atoms with Crippen molar-refractivity contribution in [1.29, 1.82) is 0 Å². The van der Waals surface area contributed by atoms with Gasteiger partial charge >= 0.3 is 58.2 Å². The van der Waals surface area contributed by atoms with Crippen LogP contribution in [0.15, 0.2) is 66.7 Å². The first-order chi connectivity index (χ1) is 11.7. The van der Waals surface area contributed by atoms with E-state index in [1.807, 2.05) is 43.3 Å². The molecule has 0 aromatic heterocycles. The van der Waals surface area contributed by atoms with Gasteiger partial charge in [0.2, 0.25) is 0 Å². The molecule has 0 fully saturated rings. The molecule has 0 bridgehead atoms. The van der Waals surface area contributed by atoms with Gasteiger partial charge in [0.15, 0.2) is 0 Å². The maximum atomic E-state index is 14.2. The van der Waals surface area contributed by atoms with Crippen LogP contribution in [0.2, 0.25) is 0 Å². The topological polar surface area (TPSA) is 0 Å². The van der Waals surface area contributed by atoms with Crippen LogP contribution in [-0.2, 0) is 0 Å². The number of halogens is 1. The molecule has 0 saturated carbocycles. The summed E-state index contributed by atoms with van der Waals surface area (Å²) in [6.45, 7) is 2.03. The van der Waals surface area contributed by atoms with Crippen molar-refractivity contribution in [3.05, 3.63) is 106 Å². The molecule has 3 rings (SSSR count). The maximum Gasteiger partial charge on any atom is 1.00 e. The minimum absolute atomic E-state index is 0. The molecule has 0 aliphatic carbocycles. The summed E-state index contributed by atoms with van der Waals surface area (Å²) in [7, 11) is 0. The Morgan fingerprint density at radius 2 is 1.28 bits per heavy atom. The van der Waals surface area contributed by atoms with E-state index in [0.29, 0.717) is 11.1 Å². The molecule has 0 radical (unpaired) electrons. The zero-order chi connectivity index (χ0) is 16.8. The molecule has 0 aliphatic heterocycles. The summed E-state index contributed by atoms with van der Waals surface area (Å²) in [6.07, 6.45) is 0. The molecule has 0 aliphatic rings. The van der Waals surface area contributed by atoms with Gasteiger partial charge in [-0.3, -0.25) is 0 Å². The second kappa shape index (κ2) is 9.86. The second-order valence-corrected chi connectivity index (χ2v) is 5.35. The molecule has 0 atom stereocenters. The molecule has 2 heteroatoms. The SMILES string of the molecule is Cc1ccc(C#Cc2ccc(C#Cc3cc[c-]cc3)c(F)c2)cc1.[Rb+]. The molecule has 0 unspecified atom stereocenters. The van der Waals surface area contributed by atoms with E-state index in [1.165, 1.54) is 11.6 Å². The fourth-order valence-corrected chi connectivity index (χ4v) is 2.09. The van der Waals surface area contributed by atoms with E-state index in [4.69, 9.17) is 0 Å². The molecule has 114 valence electrons. The normalized spacial score (nSPS) is 9.04. The van der Waals surface area contributed by atoms with Crippen LogP contribution in [0.5, 0.6) is 0 Å². The first-order valence-electron chi connectivity index (χ1n) is 7.57. The summed E-state index contributed by atoms with van der Waals surface area (Å²) in [5.41, 5.74) is 3.92. The van der Waals surface area contributed by atoms with Gasteiger partial charge in [0.25, 0.3) is 0 Å². The Kier molecular flexibility index (Phi) is 7.82. The summed E-state index contributed by atoms with van der Waals surface area (Å²) < 4.78 is 14.2. The number of hydrogen-bond donors (Lipinski definition) is 0. The quantitative estimate of drug-likeness (QED) is 0.402. The van der Waals surface area contributed by atoms with Gasteiger partial charge in [-0.15, -0.1) is 0 Å². The Morgan fingerprint density at radius 3 is 1.96 bits per heavy atom. The van der Waals surface area contributed by atoms with Crippen molar-refractivity contribution in [3.8, 4) is 23.7 Å². The van der Waals surface area contributed by atoms with Crippen LogP contribution < -0.4 is 58.2 Å². The summed E-state index contributed by atoms with van der Waals surface area (Å²) in [5.74, 6) is 11.4. The van der Waals surface area contributed by atoms with E-state index in [0.717, 1.165) is 11.1 Å². The molecule has 0 nitrogen and oxygen atoms in total. The van der Waals surface area contributed by atoms with E-state index in [2.05, 4.69) is 29.7 Å². The first kappa shape index (κ1) is 19.8. The minimum Gasteiger partial charge on any atom is -0.206 e. The molecule has 0 saturated heterocycles. The molecule has 0 heterocycles. The average Bonchev–Trinajstić information content (AvgIpc) is 2.61. The molecule has 0 N–H and O–H groups in total. The smallest absolute Gasteiger partial charge is 0.206 e. The summed E-state index contributed by atoms with van der Waals surface area (Å²) >= 11 is 0. The third kappa shape index (κ3) is 6.07. The monoisotopic (exact) mass is 394 g/mol. The zero-order valence-corrected chi connectivity index (χ0v) is 19.1. The molecule has 0 spiro atoms. The van der Waals surface area contributed by atoms with Crippen LogP contribution >= 0.6 is 0 Å². The Balaban J connectivity index is 0.00000225. The van der Waals surface area contributed by atoms with Gasteiger partial charge in [-0.1, -0.05) is 46.9 Å². The van der Waals surface area contributed by atoms with Gasteiger partial charge < -0.3 is 0 Å². The Bertz CT molecular complexity index is 966. The predicted molar refractivity (Wildman–Crippen MR) is 94.8 cm³/mol. The van der Waals surface area contributed by atoms with Crippen LogP contribution in [0.3, 0.4) is 0 Å². The number of rotatable bonds is 0. The van der Waals surface area contributed by atoms with Crippen LogP contribution in [0.4, 0.5) is 4.39 Å². The predicted octanol–water partition coefficient (Wildman–Crippen LogP) is 1.74. The molecular weight excluding hydrogens is 381 g/mol. The minimum atomic E-state index is -0.360. The van der Waals surface area contributed by atoms with Gasteiger partial charge in [0.05, 0.1) is 5.56 Å². The van der Waals surface area contributed by atoms with Crippen molar-refractivity contribution >= 4 is 0 Å². The van der Waals surface area contributed by atoms with Gasteiger partial charge in [-0.25, -0.2) is 4.39 Å². The maximum absolute atomic E-state index is 14.2. The van der Waals surface area contributed by atoms with Gasteiger partial charge in [0.1, 0.15) is 5.82 Å². The largest absolute Gasteiger partial charge is 1.00 e. The molecule has 0 amide bonds. The fraction of sp³-hybridized carbons (Fsp3) is 0.0435. The van der Waals surface area contributed by atoms with Crippen LogP contribution in [0.25, 0.3) is 0 Å². The third-order valence-corrected chi connectivity index (χ3v) is 3.43. The van der Waals surface area contributed by atoms with Crippen molar-refractivity contribution < 1.29 is 62.6 Å². The zero-order valence-electron chi connectivity index (χ0n) is 14.2. The number of benzene rings is 3. The molecule has 25 heavy (non-hydrogen) atoms. The van der Waals surface area contributed by atoms with Crippen molar-refractivity contribution in [2.45, 2.75) is 6.92 Å². The van der Waals surface area contributed by atoms with Crippen molar-refractivity contribution in [2.75, 3.05) is 0 Å². The van der Waals surface area contributed by atoms with Crippen LogP contribution in [0.1, 0.15) is 27.8 Å².